The number of carbonyl (C=O) groups excluding carboxylic acids is 1. The highest BCUT2D eigenvalue weighted by Gasteiger charge is 2.33. The number of hydrogen-bond donors (Lipinski definition) is 2. The Hall–Kier alpha value is -0.610. The van der Waals surface area contributed by atoms with Crippen molar-refractivity contribution in [2.24, 2.45) is 5.92 Å². The van der Waals surface area contributed by atoms with Crippen molar-refractivity contribution in [1.29, 1.82) is 0 Å². The van der Waals surface area contributed by atoms with E-state index in [9.17, 15) is 9.90 Å². The molecule has 0 spiro atoms. The lowest BCUT2D eigenvalue weighted by Crippen LogP contribution is -2.54. The van der Waals surface area contributed by atoms with E-state index in [0.717, 1.165) is 25.2 Å². The quantitative estimate of drug-likeness (QED) is 0.802. The van der Waals surface area contributed by atoms with Gasteiger partial charge in [-0.2, -0.15) is 0 Å². The Morgan fingerprint density at radius 1 is 1.21 bits per heavy atom. The normalized spacial score (nSPS) is 24.1. The third-order valence-corrected chi connectivity index (χ3v) is 4.66. The maximum Gasteiger partial charge on any atom is 0.220 e. The second-order valence-corrected chi connectivity index (χ2v) is 6.14. The number of carbonyl (C=O) groups is 1. The van der Waals surface area contributed by atoms with Crippen molar-refractivity contribution < 1.29 is 14.6 Å². The Bertz CT molecular complexity index is 281. The number of rotatable bonds is 5. The van der Waals surface area contributed by atoms with Crippen LogP contribution in [0.4, 0.5) is 0 Å². The first-order valence-corrected chi connectivity index (χ1v) is 7.74. The third-order valence-electron chi connectivity index (χ3n) is 4.66. The number of aliphatic hydroxyl groups is 1. The molecule has 0 aromatic rings. The summed E-state index contributed by atoms with van der Waals surface area (Å²) in [7, 11) is 0. The van der Waals surface area contributed by atoms with Gasteiger partial charge in [0.1, 0.15) is 0 Å². The van der Waals surface area contributed by atoms with Gasteiger partial charge < -0.3 is 15.2 Å². The van der Waals surface area contributed by atoms with Gasteiger partial charge in [0, 0.05) is 19.6 Å². The average molecular weight is 269 g/mol. The summed E-state index contributed by atoms with van der Waals surface area (Å²) >= 11 is 0. The van der Waals surface area contributed by atoms with E-state index >= 15 is 0 Å². The summed E-state index contributed by atoms with van der Waals surface area (Å²) in [6.07, 6.45) is 9.62. The molecule has 0 radical (unpaired) electrons. The molecule has 2 fully saturated rings. The Balaban J connectivity index is 1.72. The molecular formula is C15H27NO3. The van der Waals surface area contributed by atoms with Gasteiger partial charge in [-0.05, 0) is 25.2 Å². The van der Waals surface area contributed by atoms with Gasteiger partial charge in [-0.25, -0.2) is 0 Å². The van der Waals surface area contributed by atoms with Crippen molar-refractivity contribution in [1.82, 2.24) is 5.32 Å². The second kappa shape index (κ2) is 7.25. The van der Waals surface area contributed by atoms with Crippen LogP contribution < -0.4 is 5.32 Å². The van der Waals surface area contributed by atoms with E-state index in [2.05, 4.69) is 5.32 Å². The highest BCUT2D eigenvalue weighted by Crippen LogP contribution is 2.27. The molecule has 1 aliphatic carbocycles. The van der Waals surface area contributed by atoms with E-state index in [1.807, 2.05) is 0 Å². The molecule has 4 heteroatoms. The summed E-state index contributed by atoms with van der Waals surface area (Å²) in [6, 6.07) is 0. The lowest BCUT2D eigenvalue weighted by atomic mass is 9.85. The lowest BCUT2D eigenvalue weighted by Gasteiger charge is -2.36. The number of ether oxygens (including phenoxy) is 1. The zero-order valence-corrected chi connectivity index (χ0v) is 11.8. The van der Waals surface area contributed by atoms with Gasteiger partial charge in [0.25, 0.3) is 0 Å². The molecule has 2 N–H and O–H groups in total. The first-order chi connectivity index (χ1) is 9.24. The molecule has 1 saturated carbocycles. The highest BCUT2D eigenvalue weighted by molar-refractivity contribution is 5.76. The fourth-order valence-electron chi connectivity index (χ4n) is 3.25. The molecule has 0 aromatic heterocycles. The summed E-state index contributed by atoms with van der Waals surface area (Å²) in [5, 5.41) is 12.6. The lowest BCUT2D eigenvalue weighted by molar-refractivity contribution is -0.125. The predicted molar refractivity (Wildman–Crippen MR) is 73.8 cm³/mol. The molecule has 1 aliphatic heterocycles. The van der Waals surface area contributed by atoms with E-state index in [-0.39, 0.29) is 12.5 Å². The summed E-state index contributed by atoms with van der Waals surface area (Å²) < 4.78 is 5.30. The van der Waals surface area contributed by atoms with Gasteiger partial charge in [-0.3, -0.25) is 4.79 Å². The van der Waals surface area contributed by atoms with Gasteiger partial charge >= 0.3 is 0 Å². The van der Waals surface area contributed by atoms with E-state index in [0.29, 0.717) is 19.6 Å². The third kappa shape index (κ3) is 4.46. The van der Waals surface area contributed by atoms with Crippen LogP contribution in [-0.4, -0.2) is 36.4 Å². The molecule has 1 amide bonds. The zero-order valence-electron chi connectivity index (χ0n) is 11.8. The number of nitrogens with one attached hydrogen (secondary N) is 1. The van der Waals surface area contributed by atoms with Crippen molar-refractivity contribution in [3.05, 3.63) is 0 Å². The van der Waals surface area contributed by atoms with Gasteiger partial charge in [-0.1, -0.05) is 32.1 Å². The summed E-state index contributed by atoms with van der Waals surface area (Å²) in [5.41, 5.74) is -0.429. The maximum atomic E-state index is 12.1. The van der Waals surface area contributed by atoms with Crippen LogP contribution in [-0.2, 0) is 9.53 Å². The molecule has 2 rings (SSSR count). The first-order valence-electron chi connectivity index (χ1n) is 7.74. The predicted octanol–water partition coefficient (Wildman–Crippen LogP) is 2.00. The second-order valence-electron chi connectivity index (χ2n) is 6.14. The molecule has 0 bridgehead atoms. The van der Waals surface area contributed by atoms with Gasteiger partial charge in [-0.15, -0.1) is 0 Å². The molecule has 1 saturated heterocycles. The van der Waals surface area contributed by atoms with Crippen molar-refractivity contribution in [3.63, 3.8) is 0 Å². The summed E-state index contributed by atoms with van der Waals surface area (Å²) in [6.45, 7) is 1.28. The van der Waals surface area contributed by atoms with Crippen molar-refractivity contribution in [2.45, 2.75) is 63.3 Å². The van der Waals surface area contributed by atoms with E-state index in [1.54, 1.807) is 0 Å². The molecule has 19 heavy (non-hydrogen) atoms. The number of amides is 1. The Labute approximate surface area is 115 Å². The van der Waals surface area contributed by atoms with Gasteiger partial charge in [0.2, 0.25) is 5.91 Å². The van der Waals surface area contributed by atoms with Crippen molar-refractivity contribution in [3.8, 4) is 0 Å². The van der Waals surface area contributed by atoms with Crippen LogP contribution in [0.2, 0.25) is 0 Å². The summed E-state index contributed by atoms with van der Waals surface area (Å²) in [5.74, 6) is 0.834. The highest BCUT2D eigenvalue weighted by atomic mass is 16.5. The zero-order chi connectivity index (χ0) is 13.6. The SMILES string of the molecule is O=C(CCC1CCCCC1)NC1(CO)CCOCC1. The molecule has 0 aromatic carbocycles. The van der Waals surface area contributed by atoms with Crippen molar-refractivity contribution >= 4 is 5.91 Å². The average Bonchev–Trinajstić information content (AvgIpc) is 2.47. The van der Waals surface area contributed by atoms with Crippen LogP contribution in [0.1, 0.15) is 57.8 Å². The van der Waals surface area contributed by atoms with Gasteiger partial charge in [0.05, 0.1) is 12.1 Å². The maximum absolute atomic E-state index is 12.1. The Kier molecular flexibility index (Phi) is 5.64. The monoisotopic (exact) mass is 269 g/mol. The fraction of sp³-hybridized carbons (Fsp3) is 0.933. The molecule has 2 aliphatic rings. The van der Waals surface area contributed by atoms with E-state index in [4.69, 9.17) is 4.74 Å². The van der Waals surface area contributed by atoms with Crippen LogP contribution in [0, 0.1) is 5.92 Å². The Morgan fingerprint density at radius 2 is 1.89 bits per heavy atom. The van der Waals surface area contributed by atoms with Crippen molar-refractivity contribution in [2.75, 3.05) is 19.8 Å². The standard InChI is InChI=1S/C15H27NO3/c17-12-15(8-10-19-11-9-15)16-14(18)7-6-13-4-2-1-3-5-13/h13,17H,1-12H2,(H,16,18). The van der Waals surface area contributed by atoms with Crippen LogP contribution in [0.3, 0.4) is 0 Å². The molecular weight excluding hydrogens is 242 g/mol. The topological polar surface area (TPSA) is 58.6 Å². The van der Waals surface area contributed by atoms with Crippen LogP contribution in [0.15, 0.2) is 0 Å². The fourth-order valence-corrected chi connectivity index (χ4v) is 3.25. The number of hydrogen-bond acceptors (Lipinski definition) is 3. The minimum absolute atomic E-state index is 0.0194. The van der Waals surface area contributed by atoms with E-state index < -0.39 is 5.54 Å². The molecule has 110 valence electrons. The van der Waals surface area contributed by atoms with Crippen LogP contribution in [0.25, 0.3) is 0 Å². The first kappa shape index (κ1) is 14.8. The molecule has 0 atom stereocenters. The largest absolute Gasteiger partial charge is 0.394 e. The van der Waals surface area contributed by atoms with Crippen LogP contribution >= 0.6 is 0 Å². The van der Waals surface area contributed by atoms with Crippen LogP contribution in [0.5, 0.6) is 0 Å². The minimum Gasteiger partial charge on any atom is -0.394 e. The molecule has 4 nitrogen and oxygen atoms in total. The molecule has 1 heterocycles. The van der Waals surface area contributed by atoms with E-state index in [1.165, 1.54) is 32.1 Å². The van der Waals surface area contributed by atoms with Gasteiger partial charge in [0.15, 0.2) is 0 Å². The smallest absolute Gasteiger partial charge is 0.220 e. The number of aliphatic hydroxyl groups excluding tert-OH is 1. The Morgan fingerprint density at radius 3 is 2.53 bits per heavy atom. The summed E-state index contributed by atoms with van der Waals surface area (Å²) in [4.78, 5) is 12.1. The molecule has 0 unspecified atom stereocenters. The minimum atomic E-state index is -0.429.